The van der Waals surface area contributed by atoms with Gasteiger partial charge < -0.3 is 5.11 Å². The Morgan fingerprint density at radius 2 is 2.15 bits per heavy atom. The second-order valence-electron chi connectivity index (χ2n) is 3.47. The number of aliphatic hydroxyl groups is 1. The summed E-state index contributed by atoms with van der Waals surface area (Å²) in [7, 11) is 0. The van der Waals surface area contributed by atoms with Crippen LogP contribution in [0, 0.1) is 12.7 Å². The summed E-state index contributed by atoms with van der Waals surface area (Å²) < 4.78 is 12.8. The van der Waals surface area contributed by atoms with Crippen LogP contribution in [-0.4, -0.2) is 11.2 Å². The molecule has 0 aliphatic rings. The summed E-state index contributed by atoms with van der Waals surface area (Å²) in [6.45, 7) is 3.51. The first-order valence-electron chi connectivity index (χ1n) is 4.52. The molecule has 1 aromatic rings. The Labute approximate surface area is 78.2 Å². The summed E-state index contributed by atoms with van der Waals surface area (Å²) >= 11 is 0. The maximum absolute atomic E-state index is 12.8. The average molecular weight is 182 g/mol. The molecule has 13 heavy (non-hydrogen) atoms. The SMILES string of the molecule is Cc1cc(CC[C@H](C)O)ccc1F. The summed E-state index contributed by atoms with van der Waals surface area (Å²) in [5, 5.41) is 9.06. The molecule has 0 fully saturated rings. The van der Waals surface area contributed by atoms with E-state index in [2.05, 4.69) is 0 Å². The molecule has 0 bridgehead atoms. The minimum Gasteiger partial charge on any atom is -0.393 e. The topological polar surface area (TPSA) is 20.2 Å². The lowest BCUT2D eigenvalue weighted by Gasteiger charge is -2.05. The van der Waals surface area contributed by atoms with Crippen LogP contribution < -0.4 is 0 Å². The van der Waals surface area contributed by atoms with E-state index >= 15 is 0 Å². The second-order valence-corrected chi connectivity index (χ2v) is 3.47. The Bertz CT molecular complexity index is 281. The predicted molar refractivity (Wildman–Crippen MR) is 51.1 cm³/mol. The molecule has 0 aliphatic carbocycles. The Morgan fingerprint density at radius 1 is 1.46 bits per heavy atom. The summed E-state index contributed by atoms with van der Waals surface area (Å²) in [4.78, 5) is 0. The van der Waals surface area contributed by atoms with Gasteiger partial charge in [-0.2, -0.15) is 0 Å². The third kappa shape index (κ3) is 3.15. The predicted octanol–water partition coefficient (Wildman–Crippen LogP) is 2.45. The molecule has 0 aliphatic heterocycles. The minimum atomic E-state index is -0.287. The first-order valence-corrected chi connectivity index (χ1v) is 4.52. The van der Waals surface area contributed by atoms with Gasteiger partial charge in [0.1, 0.15) is 5.82 Å². The van der Waals surface area contributed by atoms with Crippen molar-refractivity contribution in [3.63, 3.8) is 0 Å². The van der Waals surface area contributed by atoms with E-state index in [4.69, 9.17) is 5.11 Å². The minimum absolute atomic E-state index is 0.166. The highest BCUT2D eigenvalue weighted by Gasteiger charge is 2.00. The molecular weight excluding hydrogens is 167 g/mol. The van der Waals surface area contributed by atoms with Crippen LogP contribution in [0.3, 0.4) is 0 Å². The highest BCUT2D eigenvalue weighted by atomic mass is 19.1. The Balaban J connectivity index is 2.63. The van der Waals surface area contributed by atoms with Crippen molar-refractivity contribution >= 4 is 0 Å². The number of hydrogen-bond donors (Lipinski definition) is 1. The van der Waals surface area contributed by atoms with Gasteiger partial charge in [-0.15, -0.1) is 0 Å². The number of halogens is 1. The van der Waals surface area contributed by atoms with Gasteiger partial charge in [-0.1, -0.05) is 12.1 Å². The zero-order valence-corrected chi connectivity index (χ0v) is 8.05. The molecule has 0 aromatic heterocycles. The van der Waals surface area contributed by atoms with Crippen LogP contribution >= 0.6 is 0 Å². The molecule has 1 N–H and O–H groups in total. The van der Waals surface area contributed by atoms with Crippen molar-refractivity contribution in [1.29, 1.82) is 0 Å². The Kier molecular flexibility index (Phi) is 3.43. The van der Waals surface area contributed by atoms with E-state index in [1.165, 1.54) is 6.07 Å². The third-order valence-electron chi connectivity index (χ3n) is 2.07. The van der Waals surface area contributed by atoms with Crippen LogP contribution in [0.4, 0.5) is 4.39 Å². The third-order valence-corrected chi connectivity index (χ3v) is 2.07. The van der Waals surface area contributed by atoms with Gasteiger partial charge >= 0.3 is 0 Å². The Hall–Kier alpha value is -0.890. The van der Waals surface area contributed by atoms with Crippen molar-refractivity contribution in [3.8, 4) is 0 Å². The van der Waals surface area contributed by atoms with Crippen LogP contribution in [0.15, 0.2) is 18.2 Å². The van der Waals surface area contributed by atoms with E-state index in [9.17, 15) is 4.39 Å². The molecular formula is C11H15FO. The summed E-state index contributed by atoms with van der Waals surface area (Å²) in [6.07, 6.45) is 1.24. The average Bonchev–Trinajstić information content (AvgIpc) is 2.07. The van der Waals surface area contributed by atoms with Crippen LogP contribution in [0.5, 0.6) is 0 Å². The van der Waals surface area contributed by atoms with E-state index in [-0.39, 0.29) is 11.9 Å². The molecule has 0 saturated heterocycles. The lowest BCUT2D eigenvalue weighted by Crippen LogP contribution is -2.01. The first kappa shape index (κ1) is 10.2. The van der Waals surface area contributed by atoms with Crippen LogP contribution in [-0.2, 0) is 6.42 Å². The summed E-state index contributed by atoms with van der Waals surface area (Å²) in [6, 6.07) is 5.08. The fraction of sp³-hybridized carbons (Fsp3) is 0.455. The van der Waals surface area contributed by atoms with Crippen LogP contribution in [0.1, 0.15) is 24.5 Å². The number of rotatable bonds is 3. The van der Waals surface area contributed by atoms with Gasteiger partial charge in [0.15, 0.2) is 0 Å². The molecule has 0 saturated carbocycles. The smallest absolute Gasteiger partial charge is 0.126 e. The summed E-state index contributed by atoms with van der Waals surface area (Å²) in [5.74, 6) is -0.166. The van der Waals surface area contributed by atoms with Crippen molar-refractivity contribution in [1.82, 2.24) is 0 Å². The highest BCUT2D eigenvalue weighted by molar-refractivity contribution is 5.23. The van der Waals surface area contributed by atoms with E-state index in [0.717, 1.165) is 18.4 Å². The fourth-order valence-electron chi connectivity index (χ4n) is 1.24. The molecule has 0 heterocycles. The van der Waals surface area contributed by atoms with Crippen molar-refractivity contribution in [2.75, 3.05) is 0 Å². The van der Waals surface area contributed by atoms with E-state index in [1.54, 1.807) is 19.9 Å². The maximum Gasteiger partial charge on any atom is 0.126 e. The molecule has 0 amide bonds. The fourth-order valence-corrected chi connectivity index (χ4v) is 1.24. The van der Waals surface area contributed by atoms with Crippen molar-refractivity contribution in [2.45, 2.75) is 32.8 Å². The zero-order chi connectivity index (χ0) is 9.84. The number of hydrogen-bond acceptors (Lipinski definition) is 1. The Morgan fingerprint density at radius 3 is 2.69 bits per heavy atom. The molecule has 0 unspecified atom stereocenters. The van der Waals surface area contributed by atoms with Gasteiger partial charge in [-0.3, -0.25) is 0 Å². The van der Waals surface area contributed by atoms with Gasteiger partial charge in [-0.05, 0) is 43.9 Å². The molecule has 72 valence electrons. The van der Waals surface area contributed by atoms with Gasteiger partial charge in [0.25, 0.3) is 0 Å². The lowest BCUT2D eigenvalue weighted by atomic mass is 10.1. The van der Waals surface area contributed by atoms with Gasteiger partial charge in [-0.25, -0.2) is 4.39 Å². The maximum atomic E-state index is 12.8. The quantitative estimate of drug-likeness (QED) is 0.761. The standard InChI is InChI=1S/C11H15FO/c1-8-7-10(4-3-9(2)13)5-6-11(8)12/h5-7,9,13H,3-4H2,1-2H3/t9-/m0/s1. The monoisotopic (exact) mass is 182 g/mol. The zero-order valence-electron chi connectivity index (χ0n) is 8.05. The van der Waals surface area contributed by atoms with Crippen molar-refractivity contribution < 1.29 is 9.50 Å². The van der Waals surface area contributed by atoms with Crippen LogP contribution in [0.2, 0.25) is 0 Å². The number of aliphatic hydroxyl groups excluding tert-OH is 1. The first-order chi connectivity index (χ1) is 6.09. The second kappa shape index (κ2) is 4.38. The van der Waals surface area contributed by atoms with Gasteiger partial charge in [0.2, 0.25) is 0 Å². The molecule has 1 rings (SSSR count). The highest BCUT2D eigenvalue weighted by Crippen LogP contribution is 2.11. The van der Waals surface area contributed by atoms with E-state index in [1.807, 2.05) is 6.07 Å². The van der Waals surface area contributed by atoms with Crippen molar-refractivity contribution in [3.05, 3.63) is 35.1 Å². The molecule has 0 spiro atoms. The molecule has 1 nitrogen and oxygen atoms in total. The molecule has 0 radical (unpaired) electrons. The van der Waals surface area contributed by atoms with Crippen molar-refractivity contribution in [2.24, 2.45) is 0 Å². The lowest BCUT2D eigenvalue weighted by molar-refractivity contribution is 0.185. The van der Waals surface area contributed by atoms with E-state index in [0.29, 0.717) is 5.56 Å². The molecule has 1 aromatic carbocycles. The molecule has 1 atom stereocenters. The molecule has 2 heteroatoms. The largest absolute Gasteiger partial charge is 0.393 e. The van der Waals surface area contributed by atoms with Gasteiger partial charge in [0, 0.05) is 0 Å². The number of aryl methyl sites for hydroxylation is 2. The van der Waals surface area contributed by atoms with Gasteiger partial charge in [0.05, 0.1) is 6.10 Å². The summed E-state index contributed by atoms with van der Waals surface area (Å²) in [5.41, 5.74) is 1.75. The van der Waals surface area contributed by atoms with Crippen LogP contribution in [0.25, 0.3) is 0 Å². The number of benzene rings is 1. The normalized spacial score (nSPS) is 12.9. The van der Waals surface area contributed by atoms with E-state index < -0.39 is 0 Å².